The molecule has 7 heteroatoms. The number of rotatable bonds is 8. The van der Waals surface area contributed by atoms with Crippen LogP contribution in [0.3, 0.4) is 0 Å². The Morgan fingerprint density at radius 2 is 1.72 bits per heavy atom. The molecule has 1 heterocycles. The van der Waals surface area contributed by atoms with E-state index in [2.05, 4.69) is 25.8 Å². The minimum atomic E-state index is -0.278. The number of hydrogen-bond acceptors (Lipinski definition) is 4. The Morgan fingerprint density at radius 1 is 1.03 bits per heavy atom. The number of amides is 1. The Labute approximate surface area is 195 Å². The van der Waals surface area contributed by atoms with E-state index in [1.54, 1.807) is 19.2 Å². The number of methoxy groups -OCH3 is 1. The number of carbonyl (C=O) groups is 1. The van der Waals surface area contributed by atoms with Crippen molar-refractivity contribution in [3.8, 4) is 11.5 Å². The number of para-hydroxylation sites is 2. The average molecular weight is 494 g/mol. The summed E-state index contributed by atoms with van der Waals surface area (Å²) >= 11 is 3.40. The lowest BCUT2D eigenvalue weighted by Gasteiger charge is -2.17. The molecule has 1 N–H and O–H groups in total. The Morgan fingerprint density at radius 3 is 2.44 bits per heavy atom. The maximum absolute atomic E-state index is 12.7. The lowest BCUT2D eigenvalue weighted by molar-refractivity contribution is 0.0937. The van der Waals surface area contributed by atoms with Crippen LogP contribution in [0.25, 0.3) is 11.0 Å². The van der Waals surface area contributed by atoms with Gasteiger partial charge in [0.15, 0.2) is 0 Å². The minimum Gasteiger partial charge on any atom is -0.497 e. The third-order valence-corrected chi connectivity index (χ3v) is 5.70. The Bertz CT molecular complexity index is 1200. The number of benzene rings is 3. The van der Waals surface area contributed by atoms with Gasteiger partial charge in [0.2, 0.25) is 0 Å². The van der Waals surface area contributed by atoms with E-state index in [1.807, 2.05) is 67.6 Å². The largest absolute Gasteiger partial charge is 0.497 e. The minimum absolute atomic E-state index is 0.141. The molecule has 0 saturated carbocycles. The summed E-state index contributed by atoms with van der Waals surface area (Å²) in [5.41, 5.74) is 2.49. The van der Waals surface area contributed by atoms with Gasteiger partial charge < -0.3 is 19.4 Å². The second-order valence-electron chi connectivity index (χ2n) is 7.34. The maximum Gasteiger partial charge on any atom is 0.251 e. The van der Waals surface area contributed by atoms with Gasteiger partial charge in [-0.1, -0.05) is 28.1 Å². The van der Waals surface area contributed by atoms with Gasteiger partial charge in [-0.25, -0.2) is 4.98 Å². The van der Waals surface area contributed by atoms with Crippen LogP contribution >= 0.6 is 15.9 Å². The van der Waals surface area contributed by atoms with Crippen LogP contribution in [0.4, 0.5) is 0 Å². The molecule has 1 aromatic heterocycles. The summed E-state index contributed by atoms with van der Waals surface area (Å²) in [7, 11) is 1.64. The van der Waals surface area contributed by atoms with Crippen LogP contribution in [-0.4, -0.2) is 29.2 Å². The molecular weight excluding hydrogens is 470 g/mol. The fourth-order valence-corrected chi connectivity index (χ4v) is 3.80. The van der Waals surface area contributed by atoms with Gasteiger partial charge in [0.25, 0.3) is 5.91 Å². The van der Waals surface area contributed by atoms with Crippen molar-refractivity contribution in [2.45, 2.75) is 19.5 Å². The molecule has 0 aliphatic carbocycles. The molecule has 0 bridgehead atoms. The van der Waals surface area contributed by atoms with Gasteiger partial charge in [-0.15, -0.1) is 0 Å². The lowest BCUT2D eigenvalue weighted by atomic mass is 10.2. The van der Waals surface area contributed by atoms with Crippen LogP contribution in [0, 0.1) is 0 Å². The first kappa shape index (κ1) is 21.9. The van der Waals surface area contributed by atoms with Crippen molar-refractivity contribution in [1.29, 1.82) is 0 Å². The number of carbonyl (C=O) groups excluding carboxylic acids is 1. The van der Waals surface area contributed by atoms with Gasteiger partial charge in [-0.2, -0.15) is 0 Å². The van der Waals surface area contributed by atoms with Gasteiger partial charge in [0.05, 0.1) is 30.7 Å². The van der Waals surface area contributed by atoms with Crippen molar-refractivity contribution >= 4 is 32.9 Å². The Hall–Kier alpha value is -3.32. The van der Waals surface area contributed by atoms with E-state index in [1.165, 1.54) is 0 Å². The van der Waals surface area contributed by atoms with Crippen LogP contribution in [0.5, 0.6) is 11.5 Å². The van der Waals surface area contributed by atoms with E-state index in [9.17, 15) is 4.79 Å². The third-order valence-electron chi connectivity index (χ3n) is 5.17. The zero-order chi connectivity index (χ0) is 22.5. The zero-order valence-electron chi connectivity index (χ0n) is 17.9. The zero-order valence-corrected chi connectivity index (χ0v) is 19.5. The van der Waals surface area contributed by atoms with Crippen LogP contribution in [0.1, 0.15) is 29.1 Å². The predicted molar refractivity (Wildman–Crippen MR) is 128 cm³/mol. The van der Waals surface area contributed by atoms with Gasteiger partial charge in [-0.05, 0) is 67.6 Å². The van der Waals surface area contributed by atoms with Crippen LogP contribution in [0.2, 0.25) is 0 Å². The molecule has 1 unspecified atom stereocenters. The van der Waals surface area contributed by atoms with Gasteiger partial charge in [0.1, 0.15) is 23.9 Å². The van der Waals surface area contributed by atoms with Crippen molar-refractivity contribution in [1.82, 2.24) is 14.9 Å². The summed E-state index contributed by atoms with van der Waals surface area (Å²) in [6.07, 6.45) is 0. The summed E-state index contributed by atoms with van der Waals surface area (Å²) in [5, 5.41) is 3.06. The standard InChI is InChI=1S/C25H24BrN3O3/c1-17(27-25(30)18-7-9-19(26)10-8-18)24-28-22-5-3-4-6-23(22)29(24)15-16-32-21-13-11-20(31-2)12-14-21/h3-14,17H,15-16H2,1-2H3,(H,27,30). The third kappa shape index (κ3) is 4.94. The molecule has 0 fully saturated rings. The van der Waals surface area contributed by atoms with Crippen LogP contribution in [-0.2, 0) is 6.54 Å². The monoisotopic (exact) mass is 493 g/mol. The molecule has 4 aromatic rings. The summed E-state index contributed by atoms with van der Waals surface area (Å²) in [6.45, 7) is 3.01. The number of nitrogens with one attached hydrogen (secondary N) is 1. The first-order valence-electron chi connectivity index (χ1n) is 10.3. The summed E-state index contributed by atoms with van der Waals surface area (Å²) in [6, 6.07) is 22.5. The highest BCUT2D eigenvalue weighted by Crippen LogP contribution is 2.22. The molecule has 0 aliphatic heterocycles. The number of ether oxygens (including phenoxy) is 2. The highest BCUT2D eigenvalue weighted by Gasteiger charge is 2.19. The van der Waals surface area contributed by atoms with Crippen molar-refractivity contribution in [2.75, 3.05) is 13.7 Å². The number of imidazole rings is 1. The second kappa shape index (κ2) is 9.87. The molecule has 0 aliphatic rings. The molecule has 32 heavy (non-hydrogen) atoms. The molecule has 164 valence electrons. The van der Waals surface area contributed by atoms with E-state index in [4.69, 9.17) is 14.5 Å². The average Bonchev–Trinajstić information content (AvgIpc) is 3.19. The fourth-order valence-electron chi connectivity index (χ4n) is 3.53. The van der Waals surface area contributed by atoms with E-state index in [0.29, 0.717) is 18.7 Å². The molecule has 0 saturated heterocycles. The second-order valence-corrected chi connectivity index (χ2v) is 8.25. The highest BCUT2D eigenvalue weighted by atomic mass is 79.9. The Balaban J connectivity index is 1.51. The van der Waals surface area contributed by atoms with Crippen LogP contribution < -0.4 is 14.8 Å². The Kier molecular flexibility index (Phi) is 6.75. The predicted octanol–water partition coefficient (Wildman–Crippen LogP) is 5.38. The molecular formula is C25H24BrN3O3. The van der Waals surface area contributed by atoms with E-state index < -0.39 is 0 Å². The smallest absolute Gasteiger partial charge is 0.251 e. The molecule has 3 aromatic carbocycles. The molecule has 1 atom stereocenters. The van der Waals surface area contributed by atoms with Crippen molar-refractivity contribution < 1.29 is 14.3 Å². The maximum atomic E-state index is 12.7. The molecule has 1 amide bonds. The van der Waals surface area contributed by atoms with Crippen LogP contribution in [0.15, 0.2) is 77.3 Å². The number of fused-ring (bicyclic) bond motifs is 1. The lowest BCUT2D eigenvalue weighted by Crippen LogP contribution is -2.29. The first-order chi connectivity index (χ1) is 15.5. The van der Waals surface area contributed by atoms with E-state index >= 15 is 0 Å². The van der Waals surface area contributed by atoms with Gasteiger partial charge >= 0.3 is 0 Å². The molecule has 0 spiro atoms. The van der Waals surface area contributed by atoms with Crippen molar-refractivity contribution in [3.05, 3.63) is 88.7 Å². The molecule has 6 nitrogen and oxygen atoms in total. The first-order valence-corrected chi connectivity index (χ1v) is 11.1. The highest BCUT2D eigenvalue weighted by molar-refractivity contribution is 9.10. The number of halogens is 1. The quantitative estimate of drug-likeness (QED) is 0.358. The number of nitrogens with zero attached hydrogens (tertiary/aromatic N) is 2. The molecule has 4 rings (SSSR count). The summed E-state index contributed by atoms with van der Waals surface area (Å²) in [4.78, 5) is 17.5. The van der Waals surface area contributed by atoms with Gasteiger partial charge in [-0.3, -0.25) is 4.79 Å². The topological polar surface area (TPSA) is 65.4 Å². The number of hydrogen-bond donors (Lipinski definition) is 1. The van der Waals surface area contributed by atoms with Crippen molar-refractivity contribution in [2.24, 2.45) is 0 Å². The normalized spacial score (nSPS) is 11.8. The summed E-state index contributed by atoms with van der Waals surface area (Å²) in [5.74, 6) is 2.21. The fraction of sp³-hybridized carbons (Fsp3) is 0.200. The number of aromatic nitrogens is 2. The van der Waals surface area contributed by atoms with E-state index in [-0.39, 0.29) is 11.9 Å². The SMILES string of the molecule is COc1ccc(OCCn2c(C(C)NC(=O)c3ccc(Br)cc3)nc3ccccc32)cc1. The van der Waals surface area contributed by atoms with Gasteiger partial charge in [0, 0.05) is 10.0 Å². The summed E-state index contributed by atoms with van der Waals surface area (Å²) < 4.78 is 14.1. The van der Waals surface area contributed by atoms with Crippen molar-refractivity contribution in [3.63, 3.8) is 0 Å². The molecule has 0 radical (unpaired) electrons. The van der Waals surface area contributed by atoms with E-state index in [0.717, 1.165) is 32.8 Å².